The summed E-state index contributed by atoms with van der Waals surface area (Å²) in [5.74, 6) is -0.989. The Bertz CT molecular complexity index is 365. The van der Waals surface area contributed by atoms with E-state index in [1.165, 1.54) is 14.2 Å². The standard InChI is InChI=1S/C9H10O4S.HI.Ir/c1-6(8(10)12-3)5-14-7(2)9(11)13-4;;/h1-2H2,3-4H3;1H;/q;;+1/p-1. The Kier molecular flexibility index (Phi) is 8.17. The van der Waals surface area contributed by atoms with Crippen LogP contribution in [0.15, 0.2) is 23.6 Å². The van der Waals surface area contributed by atoms with Gasteiger partial charge in [-0.15, -0.1) is 0 Å². The minimum absolute atomic E-state index is 0.239. The van der Waals surface area contributed by atoms with Gasteiger partial charge in [0.25, 0.3) is 0 Å². The summed E-state index contributed by atoms with van der Waals surface area (Å²) >= 11 is 2.76. The van der Waals surface area contributed by atoms with E-state index in [2.05, 4.69) is 42.2 Å². The molecule has 16 heavy (non-hydrogen) atoms. The van der Waals surface area contributed by atoms with Crippen LogP contribution in [0.25, 0.3) is 0 Å². The van der Waals surface area contributed by atoms with Crippen molar-refractivity contribution in [3.05, 3.63) is 23.6 Å². The molecule has 92 valence electrons. The molecule has 7 heteroatoms. The predicted molar refractivity (Wildman–Crippen MR) is 68.9 cm³/mol. The number of halogens is 1. The van der Waals surface area contributed by atoms with Gasteiger partial charge in [-0.1, -0.05) is 0 Å². The van der Waals surface area contributed by atoms with Crippen molar-refractivity contribution in [2.75, 3.05) is 14.2 Å². The molecule has 4 nitrogen and oxygen atoms in total. The summed E-state index contributed by atoms with van der Waals surface area (Å²) in [7, 11) is 2.57. The quantitative estimate of drug-likeness (QED) is 0.306. The molecule has 0 radical (unpaired) electrons. The normalized spacial score (nSPS) is 11.6. The summed E-state index contributed by atoms with van der Waals surface area (Å²) < 4.78 is 9.83. The Hall–Kier alpha value is 0.0194. The Morgan fingerprint density at radius 1 is 1.19 bits per heavy atom. The first kappa shape index (κ1) is 16.0. The van der Waals surface area contributed by atoms with Crippen LogP contribution in [0.2, 0.25) is 0 Å². The number of thioether (sulfide) groups is 1. The van der Waals surface area contributed by atoms with E-state index in [9.17, 15) is 9.59 Å². The molecule has 0 N–H and O–H groups in total. The molecule has 0 unspecified atom stereocenters. The van der Waals surface area contributed by atoms with Gasteiger partial charge >= 0.3 is 117 Å². The number of methoxy groups -OCH3 is 2. The van der Waals surface area contributed by atoms with Gasteiger partial charge in [0.2, 0.25) is 0 Å². The Morgan fingerprint density at radius 3 is 2.06 bits per heavy atom. The molecule has 0 aliphatic heterocycles. The van der Waals surface area contributed by atoms with Crippen molar-refractivity contribution < 1.29 is 32.7 Å². The fourth-order valence-electron chi connectivity index (χ4n) is 0.570. The van der Waals surface area contributed by atoms with Gasteiger partial charge in [-0.05, 0) is 0 Å². The third-order valence-corrected chi connectivity index (χ3v) is 9.53. The van der Waals surface area contributed by atoms with E-state index in [1.54, 1.807) is 0 Å². The molecule has 0 aromatic heterocycles. The molecule has 0 fully saturated rings. The molecule has 0 atom stereocenters. The van der Waals surface area contributed by atoms with Gasteiger partial charge in [0.05, 0.1) is 0 Å². The number of ether oxygens (including phenoxy) is 2. The predicted octanol–water partition coefficient (Wildman–Crippen LogP) is 1.70. The maximum absolute atomic E-state index is 11.2. The van der Waals surface area contributed by atoms with Crippen LogP contribution >= 0.6 is 31.4 Å². The summed E-state index contributed by atoms with van der Waals surface area (Å²) in [5.41, 5.74) is 0.284. The molecule has 0 heterocycles. The number of hydrogen-bond acceptors (Lipinski definition) is 5. The van der Waals surface area contributed by atoms with Crippen LogP contribution in [-0.4, -0.2) is 29.5 Å². The molecule has 0 aromatic carbocycles. The number of esters is 2. The summed E-state index contributed by atoms with van der Waals surface area (Å²) in [6, 6.07) is 0. The molecular weight excluding hydrogens is 523 g/mol. The summed E-state index contributed by atoms with van der Waals surface area (Å²) in [4.78, 5) is 22.6. The molecule has 0 saturated heterocycles. The summed E-state index contributed by atoms with van der Waals surface area (Å²) in [5, 5.41) is 0. The van der Waals surface area contributed by atoms with E-state index < -0.39 is 25.6 Å². The third-order valence-electron chi connectivity index (χ3n) is 1.33. The fourth-order valence-corrected chi connectivity index (χ4v) is 6.43. The molecule has 0 spiro atoms. The van der Waals surface area contributed by atoms with Crippen molar-refractivity contribution in [3.8, 4) is 0 Å². The minimum atomic E-state index is -0.553. The van der Waals surface area contributed by atoms with Crippen molar-refractivity contribution in [2.45, 2.75) is 0 Å². The molecule has 0 saturated carbocycles. The van der Waals surface area contributed by atoms with Crippen LogP contribution < -0.4 is 0 Å². The number of carbonyl (C=O) groups excluding carboxylic acids is 2. The van der Waals surface area contributed by atoms with Crippen LogP contribution in [0.3, 0.4) is 0 Å². The summed E-state index contributed by atoms with van der Waals surface area (Å²) in [6.45, 7) is 7.21. The molecule has 0 aliphatic rings. The zero-order valence-corrected chi connectivity index (χ0v) is 14.0. The monoisotopic (exact) mass is 534 g/mol. The zero-order chi connectivity index (χ0) is 12.7. The Morgan fingerprint density at radius 2 is 1.69 bits per heavy atom. The van der Waals surface area contributed by atoms with Gasteiger partial charge in [-0.2, -0.15) is 0 Å². The zero-order valence-electron chi connectivity index (χ0n) is 8.67. The molecule has 0 aromatic rings. The first-order chi connectivity index (χ1) is 7.47. The van der Waals surface area contributed by atoms with Crippen molar-refractivity contribution in [3.63, 3.8) is 0 Å². The second kappa shape index (κ2) is 8.16. The second-order valence-corrected chi connectivity index (χ2v) is 8.80. The number of rotatable bonds is 5. The molecule has 0 bridgehead atoms. The third kappa shape index (κ3) is 4.90. The first-order valence-corrected chi connectivity index (χ1v) is 12.6. The van der Waals surface area contributed by atoms with Crippen LogP contribution in [-0.2, 0) is 32.7 Å². The van der Waals surface area contributed by atoms with Crippen molar-refractivity contribution in [1.82, 2.24) is 0 Å². The molecule has 0 aliphatic carbocycles. The van der Waals surface area contributed by atoms with Gasteiger partial charge in [-0.3, -0.25) is 0 Å². The van der Waals surface area contributed by atoms with E-state index in [-0.39, 0.29) is 10.5 Å². The number of carbonyl (C=O) groups is 2. The Labute approximate surface area is 116 Å². The molecule has 0 amide bonds. The van der Waals surface area contributed by atoms with E-state index in [4.69, 9.17) is 0 Å². The van der Waals surface area contributed by atoms with Crippen LogP contribution in [0, 0.1) is 0 Å². The van der Waals surface area contributed by atoms with E-state index >= 15 is 0 Å². The summed E-state index contributed by atoms with van der Waals surface area (Å²) in [6.07, 6.45) is 0. The van der Waals surface area contributed by atoms with E-state index in [1.807, 2.05) is 0 Å². The van der Waals surface area contributed by atoms with Crippen LogP contribution in [0.4, 0.5) is 0 Å². The van der Waals surface area contributed by atoms with E-state index in [0.29, 0.717) is 0 Å². The van der Waals surface area contributed by atoms with Gasteiger partial charge < -0.3 is 0 Å². The second-order valence-electron chi connectivity index (χ2n) is 2.30. The topological polar surface area (TPSA) is 52.6 Å². The van der Waals surface area contributed by atoms with Gasteiger partial charge in [-0.25, -0.2) is 0 Å². The molecular formula is C9H10IIrO4S. The average Bonchev–Trinajstić information content (AvgIpc) is 2.32. The van der Waals surface area contributed by atoms with Crippen molar-refractivity contribution in [1.29, 1.82) is 0 Å². The van der Waals surface area contributed by atoms with Crippen LogP contribution in [0.1, 0.15) is 0 Å². The number of hydrogen-bond donors (Lipinski definition) is 0. The van der Waals surface area contributed by atoms with E-state index in [0.717, 1.165) is 15.1 Å². The maximum atomic E-state index is 11.2. The van der Waals surface area contributed by atoms with Crippen molar-refractivity contribution >= 4 is 46.7 Å². The SMILES string of the molecule is C=C(S[C](=[Ir][I])C(=C)C(=O)OC)C(=O)OC. The van der Waals surface area contributed by atoms with Gasteiger partial charge in [0.1, 0.15) is 0 Å². The van der Waals surface area contributed by atoms with Gasteiger partial charge in [0.15, 0.2) is 0 Å². The average molecular weight is 533 g/mol. The fraction of sp³-hybridized carbons (Fsp3) is 0.222. The first-order valence-electron chi connectivity index (χ1n) is 3.79. The molecule has 0 rings (SSSR count). The Balaban J connectivity index is 4.68. The van der Waals surface area contributed by atoms with Gasteiger partial charge in [0, 0.05) is 0 Å². The van der Waals surface area contributed by atoms with Crippen LogP contribution in [0.5, 0.6) is 0 Å². The van der Waals surface area contributed by atoms with Crippen molar-refractivity contribution in [2.24, 2.45) is 0 Å².